The van der Waals surface area contributed by atoms with Gasteiger partial charge in [0, 0.05) is 38.5 Å². The summed E-state index contributed by atoms with van der Waals surface area (Å²) in [4.78, 5) is 35.6. The van der Waals surface area contributed by atoms with E-state index in [1.807, 2.05) is 17.0 Å². The first-order chi connectivity index (χ1) is 17.1. The van der Waals surface area contributed by atoms with Crippen LogP contribution in [0, 0.1) is 29.6 Å². The van der Waals surface area contributed by atoms with Crippen molar-refractivity contribution in [3.8, 4) is 12.1 Å². The summed E-state index contributed by atoms with van der Waals surface area (Å²) in [6.07, 6.45) is 0.611. The molecule has 1 amide bonds. The highest BCUT2D eigenvalue weighted by Crippen LogP contribution is 2.34. The first kappa shape index (κ1) is 27.5. The van der Waals surface area contributed by atoms with Gasteiger partial charge in [-0.05, 0) is 55.7 Å². The maximum Gasteiger partial charge on any atom is 0.303 e. The topological polar surface area (TPSA) is 179 Å². The number of nitrogens with zero attached hydrogens (tertiary/aromatic N) is 5. The maximum atomic E-state index is 11.8. The van der Waals surface area contributed by atoms with Gasteiger partial charge in [0.05, 0.1) is 16.8 Å². The van der Waals surface area contributed by atoms with Crippen LogP contribution in [0.5, 0.6) is 0 Å². The summed E-state index contributed by atoms with van der Waals surface area (Å²) in [5.41, 5.74) is 2.46. The van der Waals surface area contributed by atoms with E-state index in [1.165, 1.54) is 6.92 Å². The minimum absolute atomic E-state index is 0.0424. The molecule has 0 aliphatic heterocycles. The lowest BCUT2D eigenvalue weighted by molar-refractivity contribution is -0.138. The normalized spacial score (nSPS) is 10.4. The molecule has 0 atom stereocenters. The Labute approximate surface area is 208 Å². The van der Waals surface area contributed by atoms with Crippen LogP contribution in [0.1, 0.15) is 49.3 Å². The number of aryl methyl sites for hydroxylation is 1. The fourth-order valence-electron chi connectivity index (χ4n) is 3.47. The number of aliphatic carboxylic acids is 2. The van der Waals surface area contributed by atoms with Crippen LogP contribution in [-0.4, -0.2) is 41.1 Å². The third-order valence-corrected chi connectivity index (χ3v) is 5.05. The average Bonchev–Trinajstić information content (AvgIpc) is 2.81. The highest BCUT2D eigenvalue weighted by atomic mass is 16.4. The molecule has 11 nitrogen and oxygen atoms in total. The first-order valence-corrected chi connectivity index (χ1v) is 11.1. The standard InChI is InChI=1S/C25H26N6O5/c1-16-11-18(14-26)25(19(12-16)15-27)30-29-21-8-7-20(13-22(21)28-17(2)32)31(9-3-5-23(33)34)10-4-6-24(35)36/h7-8,11-13H,3-6,9-10H2,1-2H3,(H,28,32)(H,33,34)(H,35,36). The minimum Gasteiger partial charge on any atom is -0.481 e. The van der Waals surface area contributed by atoms with Crippen LogP contribution in [0.2, 0.25) is 0 Å². The quantitative estimate of drug-likeness (QED) is 0.360. The van der Waals surface area contributed by atoms with Crippen molar-refractivity contribution < 1.29 is 24.6 Å². The summed E-state index contributed by atoms with van der Waals surface area (Å²) in [6.45, 7) is 3.82. The lowest BCUT2D eigenvalue weighted by Crippen LogP contribution is -2.26. The smallest absolute Gasteiger partial charge is 0.303 e. The van der Waals surface area contributed by atoms with Crippen molar-refractivity contribution in [3.05, 3.63) is 47.0 Å². The van der Waals surface area contributed by atoms with Gasteiger partial charge in [0.2, 0.25) is 5.91 Å². The molecule has 0 saturated carbocycles. The van der Waals surface area contributed by atoms with Gasteiger partial charge in [-0.3, -0.25) is 14.4 Å². The van der Waals surface area contributed by atoms with Gasteiger partial charge in [0.1, 0.15) is 23.5 Å². The molecule has 0 spiro atoms. The summed E-state index contributed by atoms with van der Waals surface area (Å²) >= 11 is 0. The van der Waals surface area contributed by atoms with Gasteiger partial charge in [-0.25, -0.2) is 0 Å². The number of amides is 1. The SMILES string of the molecule is CC(=O)Nc1cc(N(CCCC(=O)O)CCCC(=O)O)ccc1N=Nc1c(C#N)cc(C)cc1C#N. The van der Waals surface area contributed by atoms with E-state index < -0.39 is 11.9 Å². The number of nitriles is 2. The number of carbonyl (C=O) groups excluding carboxylic acids is 1. The number of azo groups is 1. The van der Waals surface area contributed by atoms with Crippen LogP contribution >= 0.6 is 0 Å². The third-order valence-electron chi connectivity index (χ3n) is 5.05. The highest BCUT2D eigenvalue weighted by Gasteiger charge is 2.14. The fraction of sp³-hybridized carbons (Fsp3) is 0.320. The largest absolute Gasteiger partial charge is 0.481 e. The van der Waals surface area contributed by atoms with Gasteiger partial charge >= 0.3 is 11.9 Å². The van der Waals surface area contributed by atoms with E-state index in [-0.39, 0.29) is 41.3 Å². The van der Waals surface area contributed by atoms with E-state index in [4.69, 9.17) is 10.2 Å². The van der Waals surface area contributed by atoms with Crippen LogP contribution in [0.4, 0.5) is 22.7 Å². The molecule has 2 rings (SSSR count). The second-order valence-corrected chi connectivity index (χ2v) is 8.00. The molecule has 2 aromatic carbocycles. The van der Waals surface area contributed by atoms with Crippen molar-refractivity contribution in [2.45, 2.75) is 39.5 Å². The molecule has 0 aliphatic carbocycles. The first-order valence-electron chi connectivity index (χ1n) is 11.1. The Morgan fingerprint density at radius 2 is 1.50 bits per heavy atom. The molecule has 0 radical (unpaired) electrons. The predicted octanol–water partition coefficient (Wildman–Crippen LogP) is 4.65. The lowest BCUT2D eigenvalue weighted by atomic mass is 10.1. The highest BCUT2D eigenvalue weighted by molar-refractivity contribution is 5.93. The van der Waals surface area contributed by atoms with Crippen LogP contribution in [0.15, 0.2) is 40.6 Å². The summed E-state index contributed by atoms with van der Waals surface area (Å²) in [5.74, 6) is -2.22. The minimum atomic E-state index is -0.931. The molecular formula is C25H26N6O5. The molecule has 0 aliphatic rings. The number of carbonyl (C=O) groups is 3. The van der Waals surface area contributed by atoms with E-state index in [0.29, 0.717) is 37.3 Å². The number of carboxylic acid groups (broad SMARTS) is 2. The number of anilines is 2. The third kappa shape index (κ3) is 8.22. The second kappa shape index (κ2) is 13.2. The van der Waals surface area contributed by atoms with Gasteiger partial charge in [-0.2, -0.15) is 10.5 Å². The fourth-order valence-corrected chi connectivity index (χ4v) is 3.47. The van der Waals surface area contributed by atoms with Crippen LogP contribution in [0.3, 0.4) is 0 Å². The number of hydrogen-bond donors (Lipinski definition) is 3. The zero-order chi connectivity index (χ0) is 26.7. The average molecular weight is 491 g/mol. The molecule has 2 aromatic rings. The summed E-state index contributed by atoms with van der Waals surface area (Å²) in [7, 11) is 0. The van der Waals surface area contributed by atoms with Crippen LogP contribution in [-0.2, 0) is 14.4 Å². The Morgan fingerprint density at radius 1 is 0.944 bits per heavy atom. The molecule has 0 fully saturated rings. The zero-order valence-electron chi connectivity index (χ0n) is 20.0. The summed E-state index contributed by atoms with van der Waals surface area (Å²) in [6, 6.07) is 12.1. The molecule has 0 heterocycles. The van der Waals surface area contributed by atoms with Crippen molar-refractivity contribution in [2.24, 2.45) is 10.2 Å². The number of hydrogen-bond acceptors (Lipinski definition) is 8. The number of nitrogens with one attached hydrogen (secondary N) is 1. The molecule has 11 heteroatoms. The molecule has 0 unspecified atom stereocenters. The number of rotatable bonds is 12. The van der Waals surface area contributed by atoms with Gasteiger partial charge in [0.15, 0.2) is 0 Å². The van der Waals surface area contributed by atoms with E-state index in [9.17, 15) is 24.9 Å². The Bertz CT molecular complexity index is 1200. The number of benzene rings is 2. The van der Waals surface area contributed by atoms with E-state index >= 15 is 0 Å². The van der Waals surface area contributed by atoms with E-state index in [1.54, 1.807) is 37.3 Å². The van der Waals surface area contributed by atoms with E-state index in [0.717, 1.165) is 5.56 Å². The maximum absolute atomic E-state index is 11.8. The van der Waals surface area contributed by atoms with Gasteiger partial charge in [-0.15, -0.1) is 10.2 Å². The second-order valence-electron chi connectivity index (χ2n) is 8.00. The van der Waals surface area contributed by atoms with Gasteiger partial charge in [-0.1, -0.05) is 0 Å². The van der Waals surface area contributed by atoms with Crippen molar-refractivity contribution in [2.75, 3.05) is 23.3 Å². The van der Waals surface area contributed by atoms with Crippen LogP contribution < -0.4 is 10.2 Å². The Kier molecular flexibility index (Phi) is 10.1. The van der Waals surface area contributed by atoms with Gasteiger partial charge in [0.25, 0.3) is 0 Å². The van der Waals surface area contributed by atoms with Crippen molar-refractivity contribution in [1.82, 2.24) is 0 Å². The lowest BCUT2D eigenvalue weighted by Gasteiger charge is -2.25. The molecular weight excluding hydrogens is 464 g/mol. The summed E-state index contributed by atoms with van der Waals surface area (Å²) in [5, 5.41) is 47.8. The molecule has 0 saturated heterocycles. The number of carboxylic acids is 2. The van der Waals surface area contributed by atoms with Crippen molar-refractivity contribution in [1.29, 1.82) is 10.5 Å². The Hall–Kier alpha value is -4.77. The Morgan fingerprint density at radius 3 is 1.97 bits per heavy atom. The predicted molar refractivity (Wildman–Crippen MR) is 131 cm³/mol. The van der Waals surface area contributed by atoms with Crippen molar-refractivity contribution in [3.63, 3.8) is 0 Å². The molecule has 0 bridgehead atoms. The molecule has 0 aromatic heterocycles. The van der Waals surface area contributed by atoms with Crippen molar-refractivity contribution >= 4 is 40.6 Å². The summed E-state index contributed by atoms with van der Waals surface area (Å²) < 4.78 is 0. The van der Waals surface area contributed by atoms with Crippen LogP contribution in [0.25, 0.3) is 0 Å². The molecule has 36 heavy (non-hydrogen) atoms. The Balaban J connectivity index is 2.44. The monoisotopic (exact) mass is 490 g/mol. The van der Waals surface area contributed by atoms with Gasteiger partial charge < -0.3 is 20.4 Å². The van der Waals surface area contributed by atoms with E-state index in [2.05, 4.69) is 15.5 Å². The molecule has 186 valence electrons. The molecule has 3 N–H and O–H groups in total. The zero-order valence-corrected chi connectivity index (χ0v) is 20.0.